The maximum Gasteiger partial charge on any atom is 0.407 e. The number of aromatic nitrogens is 1. The first-order valence-electron chi connectivity index (χ1n) is 8.05. The highest BCUT2D eigenvalue weighted by Crippen LogP contribution is 2.37. The van der Waals surface area contributed by atoms with E-state index in [1.807, 2.05) is 0 Å². The molecule has 0 saturated carbocycles. The molecule has 0 aliphatic carbocycles. The minimum atomic E-state index is -4.88. The number of aromatic hydroxyl groups is 1. The van der Waals surface area contributed by atoms with Crippen LogP contribution in [0.4, 0.5) is 18.9 Å². The van der Waals surface area contributed by atoms with Crippen molar-refractivity contribution in [1.82, 2.24) is 4.68 Å². The number of nitrogens with zero attached hydrogens (tertiary/aromatic N) is 3. The van der Waals surface area contributed by atoms with Crippen molar-refractivity contribution in [2.24, 2.45) is 5.10 Å². The number of benzene rings is 2. The smallest absolute Gasteiger partial charge is 0.407 e. The Morgan fingerprint density at radius 3 is 2.41 bits per heavy atom. The first-order valence-corrected chi connectivity index (χ1v) is 8.84. The van der Waals surface area contributed by atoms with Gasteiger partial charge in [-0.1, -0.05) is 46.3 Å². The molecule has 5 nitrogen and oxygen atoms in total. The molecular weight excluding hydrogens is 451 g/mol. The van der Waals surface area contributed by atoms with Gasteiger partial charge in [0.25, 0.3) is 11.2 Å². The molecular formula is C20H11BrF3N3O2. The minimum absolute atomic E-state index is 0.136. The van der Waals surface area contributed by atoms with Crippen LogP contribution in [0.3, 0.4) is 0 Å². The van der Waals surface area contributed by atoms with Crippen LogP contribution < -0.4 is 5.56 Å². The largest absolute Gasteiger partial charge is 0.507 e. The van der Waals surface area contributed by atoms with Crippen LogP contribution >= 0.6 is 15.9 Å². The summed E-state index contributed by atoms with van der Waals surface area (Å²) < 4.78 is 41.6. The Bertz CT molecular complexity index is 1200. The average Bonchev–Trinajstić information content (AvgIpc) is 2.67. The zero-order valence-electron chi connectivity index (χ0n) is 14.5. The predicted octanol–water partition coefficient (Wildman–Crippen LogP) is 5.44. The predicted molar refractivity (Wildman–Crippen MR) is 106 cm³/mol. The van der Waals surface area contributed by atoms with Crippen LogP contribution in [-0.2, 0) is 6.18 Å². The van der Waals surface area contributed by atoms with Crippen LogP contribution in [0.1, 0.15) is 11.1 Å². The van der Waals surface area contributed by atoms with Crippen molar-refractivity contribution in [2.75, 3.05) is 0 Å². The quantitative estimate of drug-likeness (QED) is 0.417. The van der Waals surface area contributed by atoms with Gasteiger partial charge in [0.05, 0.1) is 24.0 Å². The Hall–Kier alpha value is -3.38. The van der Waals surface area contributed by atoms with E-state index < -0.39 is 23.0 Å². The highest BCUT2D eigenvalue weighted by Gasteiger charge is 2.36. The van der Waals surface area contributed by atoms with Crippen molar-refractivity contribution in [3.8, 4) is 17.0 Å². The van der Waals surface area contributed by atoms with Gasteiger partial charge in [-0.25, -0.2) is 9.52 Å². The number of rotatable bonds is 3. The fraction of sp³-hybridized carbons (Fsp3) is 0.0500. The minimum Gasteiger partial charge on any atom is -0.507 e. The maximum absolute atomic E-state index is 13.4. The third-order valence-corrected chi connectivity index (χ3v) is 4.44. The Morgan fingerprint density at radius 1 is 1.14 bits per heavy atom. The highest BCUT2D eigenvalue weighted by molar-refractivity contribution is 9.10. The van der Waals surface area contributed by atoms with Gasteiger partial charge in [0, 0.05) is 15.6 Å². The number of alkyl halides is 3. The number of phenols is 1. The molecule has 0 bridgehead atoms. The second-order valence-electron chi connectivity index (χ2n) is 5.83. The fourth-order valence-electron chi connectivity index (χ4n) is 2.59. The van der Waals surface area contributed by atoms with Gasteiger partial charge < -0.3 is 5.11 Å². The second-order valence-corrected chi connectivity index (χ2v) is 6.75. The molecule has 29 heavy (non-hydrogen) atoms. The molecule has 0 unspecified atom stereocenters. The molecule has 0 radical (unpaired) electrons. The molecule has 3 rings (SSSR count). The molecule has 9 heteroatoms. The molecule has 0 atom stereocenters. The van der Waals surface area contributed by atoms with Crippen LogP contribution in [-0.4, -0.2) is 16.0 Å². The van der Waals surface area contributed by atoms with Crippen molar-refractivity contribution in [2.45, 2.75) is 6.18 Å². The Morgan fingerprint density at radius 2 is 1.83 bits per heavy atom. The second kappa shape index (κ2) is 7.93. The summed E-state index contributed by atoms with van der Waals surface area (Å²) >= 11 is 3.19. The third-order valence-electron chi connectivity index (χ3n) is 3.95. The van der Waals surface area contributed by atoms with E-state index in [-0.39, 0.29) is 17.0 Å². The standard InChI is InChI=1S/C20H11BrF3N3O2/c1-25-18-15(20(22,23)24)10-16(12-5-3-2-4-6-12)27(19(18)29)26-11-13-7-8-14(21)9-17(13)28/h2-11,28H. The van der Waals surface area contributed by atoms with Crippen LogP contribution in [0.5, 0.6) is 5.75 Å². The highest BCUT2D eigenvalue weighted by atomic mass is 79.9. The molecule has 1 heterocycles. The van der Waals surface area contributed by atoms with E-state index >= 15 is 0 Å². The molecule has 0 aliphatic rings. The van der Waals surface area contributed by atoms with E-state index in [9.17, 15) is 23.1 Å². The molecule has 2 aromatic carbocycles. The number of phenolic OH excluding ortho intramolecular Hbond substituents is 1. The SMILES string of the molecule is [C-]#[N+]c1c(C(F)(F)F)cc(-c2ccccc2)n(N=Cc2ccc(Br)cc2O)c1=O. The van der Waals surface area contributed by atoms with Crippen LogP contribution in [0, 0.1) is 6.57 Å². The molecule has 3 aromatic rings. The topological polar surface area (TPSA) is 58.9 Å². The lowest BCUT2D eigenvalue weighted by Gasteiger charge is -2.14. The lowest BCUT2D eigenvalue weighted by molar-refractivity contribution is -0.136. The number of halogens is 4. The van der Waals surface area contributed by atoms with E-state index in [4.69, 9.17) is 6.57 Å². The summed E-state index contributed by atoms with van der Waals surface area (Å²) in [5.41, 5.74) is -3.19. The Kier molecular flexibility index (Phi) is 5.57. The van der Waals surface area contributed by atoms with Crippen LogP contribution in [0.15, 0.2) is 69.0 Å². The van der Waals surface area contributed by atoms with E-state index in [1.54, 1.807) is 24.3 Å². The molecule has 1 N–H and O–H groups in total. The van der Waals surface area contributed by atoms with Gasteiger partial charge in [-0.15, -0.1) is 0 Å². The summed E-state index contributed by atoms with van der Waals surface area (Å²) in [4.78, 5) is 15.5. The Labute approximate surface area is 171 Å². The van der Waals surface area contributed by atoms with Gasteiger partial charge >= 0.3 is 6.18 Å². The summed E-state index contributed by atoms with van der Waals surface area (Å²) in [5.74, 6) is -0.144. The van der Waals surface area contributed by atoms with E-state index in [0.29, 0.717) is 10.0 Å². The lowest BCUT2D eigenvalue weighted by atomic mass is 10.1. The average molecular weight is 462 g/mol. The van der Waals surface area contributed by atoms with E-state index in [1.165, 1.54) is 24.3 Å². The van der Waals surface area contributed by atoms with Gasteiger partial charge in [-0.05, 0) is 24.3 Å². The van der Waals surface area contributed by atoms with Crippen molar-refractivity contribution in [3.63, 3.8) is 0 Å². The normalized spacial score (nSPS) is 11.6. The summed E-state index contributed by atoms with van der Waals surface area (Å²) in [6.07, 6.45) is -3.74. The molecule has 0 saturated heterocycles. The van der Waals surface area contributed by atoms with Gasteiger partial charge in [0.15, 0.2) is 0 Å². The van der Waals surface area contributed by atoms with Gasteiger partial charge in [-0.3, -0.25) is 4.79 Å². The number of hydrogen-bond donors (Lipinski definition) is 1. The number of hydrogen-bond acceptors (Lipinski definition) is 3. The lowest BCUT2D eigenvalue weighted by Crippen LogP contribution is -2.22. The van der Waals surface area contributed by atoms with Gasteiger partial charge in [-0.2, -0.15) is 18.3 Å². The molecule has 146 valence electrons. The van der Waals surface area contributed by atoms with Crippen molar-refractivity contribution >= 4 is 27.8 Å². The van der Waals surface area contributed by atoms with Crippen LogP contribution in [0.2, 0.25) is 0 Å². The van der Waals surface area contributed by atoms with Crippen LogP contribution in [0.25, 0.3) is 16.1 Å². The summed E-state index contributed by atoms with van der Waals surface area (Å²) in [7, 11) is 0. The third kappa shape index (κ3) is 4.22. The fourth-order valence-corrected chi connectivity index (χ4v) is 2.94. The molecule has 0 amide bonds. The van der Waals surface area contributed by atoms with Gasteiger partial charge in [0.1, 0.15) is 5.75 Å². The van der Waals surface area contributed by atoms with Gasteiger partial charge in [0.2, 0.25) is 0 Å². The molecule has 1 aromatic heterocycles. The summed E-state index contributed by atoms with van der Waals surface area (Å²) in [6, 6.07) is 13.2. The molecule has 0 aliphatic heterocycles. The molecule has 0 spiro atoms. The summed E-state index contributed by atoms with van der Waals surface area (Å²) in [6.45, 7) is 7.05. The van der Waals surface area contributed by atoms with E-state index in [2.05, 4.69) is 25.9 Å². The Balaban J connectivity index is 2.29. The van der Waals surface area contributed by atoms with E-state index in [0.717, 1.165) is 17.0 Å². The van der Waals surface area contributed by atoms with Crippen molar-refractivity contribution < 1.29 is 18.3 Å². The first kappa shape index (κ1) is 20.4. The zero-order chi connectivity index (χ0) is 21.2. The summed E-state index contributed by atoms with van der Waals surface area (Å²) in [5, 5.41) is 13.9. The monoisotopic (exact) mass is 461 g/mol. The number of pyridine rings is 1. The van der Waals surface area contributed by atoms with Crippen molar-refractivity contribution in [1.29, 1.82) is 0 Å². The molecule has 0 fully saturated rings. The zero-order valence-corrected chi connectivity index (χ0v) is 16.1. The van der Waals surface area contributed by atoms with Crippen molar-refractivity contribution in [3.05, 3.63) is 92.0 Å². The first-order chi connectivity index (χ1) is 13.7. The maximum atomic E-state index is 13.4.